The van der Waals surface area contributed by atoms with E-state index < -0.39 is 5.97 Å². The zero-order chi connectivity index (χ0) is 11.5. The van der Waals surface area contributed by atoms with E-state index in [1.807, 2.05) is 0 Å². The summed E-state index contributed by atoms with van der Waals surface area (Å²) in [6.45, 7) is 7.80. The van der Waals surface area contributed by atoms with Gasteiger partial charge in [0.1, 0.15) is 0 Å². The van der Waals surface area contributed by atoms with Crippen LogP contribution in [-0.2, 0) is 9.53 Å². The molecule has 0 aromatic carbocycles. The molecule has 0 aromatic heterocycles. The minimum Gasteiger partial charge on any atom is -0.480 e. The molecular weight excluding hydrogens is 194 g/mol. The number of hydrogen-bond donors (Lipinski definition) is 1. The molecule has 88 valence electrons. The van der Waals surface area contributed by atoms with E-state index in [-0.39, 0.29) is 12.1 Å². The Morgan fingerprint density at radius 3 is 2.33 bits per heavy atom. The lowest BCUT2D eigenvalue weighted by molar-refractivity contribution is -0.141. The summed E-state index contributed by atoms with van der Waals surface area (Å²) in [4.78, 5) is 12.9. The zero-order valence-electron chi connectivity index (χ0n) is 9.82. The van der Waals surface area contributed by atoms with Crippen molar-refractivity contribution in [1.29, 1.82) is 0 Å². The molecular formula is C11H21NO3. The minimum atomic E-state index is -0.753. The van der Waals surface area contributed by atoms with Crippen LogP contribution >= 0.6 is 0 Å². The Balaban J connectivity index is 2.66. The molecule has 4 nitrogen and oxygen atoms in total. The molecule has 1 fully saturated rings. The monoisotopic (exact) mass is 215 g/mol. The Bertz CT molecular complexity index is 216. The normalized spacial score (nSPS) is 19.5. The molecule has 0 atom stereocenters. The third-order valence-corrected chi connectivity index (χ3v) is 2.80. The molecule has 15 heavy (non-hydrogen) atoms. The summed E-state index contributed by atoms with van der Waals surface area (Å²) in [5, 5.41) is 8.90. The first-order valence-electron chi connectivity index (χ1n) is 5.47. The van der Waals surface area contributed by atoms with Crippen LogP contribution in [0.1, 0.15) is 33.6 Å². The van der Waals surface area contributed by atoms with Crippen molar-refractivity contribution in [2.24, 2.45) is 0 Å². The van der Waals surface area contributed by atoms with Crippen LogP contribution in [0.25, 0.3) is 0 Å². The lowest BCUT2D eigenvalue weighted by Crippen LogP contribution is -2.52. The number of rotatable bonds is 3. The molecule has 1 N–H and O–H groups in total. The van der Waals surface area contributed by atoms with E-state index >= 15 is 0 Å². The van der Waals surface area contributed by atoms with E-state index in [9.17, 15) is 4.79 Å². The Kier molecular flexibility index (Phi) is 4.11. The molecule has 1 aliphatic heterocycles. The van der Waals surface area contributed by atoms with Crippen molar-refractivity contribution in [1.82, 2.24) is 4.90 Å². The van der Waals surface area contributed by atoms with Gasteiger partial charge in [-0.25, -0.2) is 0 Å². The highest BCUT2D eigenvalue weighted by Gasteiger charge is 2.31. The van der Waals surface area contributed by atoms with Gasteiger partial charge in [-0.2, -0.15) is 0 Å². The number of carbonyl (C=O) groups is 1. The molecule has 0 aromatic rings. The molecule has 0 aliphatic carbocycles. The van der Waals surface area contributed by atoms with Crippen molar-refractivity contribution >= 4 is 5.97 Å². The van der Waals surface area contributed by atoms with Gasteiger partial charge in [0.05, 0.1) is 6.54 Å². The van der Waals surface area contributed by atoms with Gasteiger partial charge in [0.25, 0.3) is 0 Å². The summed E-state index contributed by atoms with van der Waals surface area (Å²) in [7, 11) is 0. The second-order valence-corrected chi connectivity index (χ2v) is 5.04. The lowest BCUT2D eigenvalue weighted by atomic mass is 9.98. The Morgan fingerprint density at radius 2 is 1.93 bits per heavy atom. The first-order chi connectivity index (χ1) is 6.91. The molecule has 4 heteroatoms. The second kappa shape index (κ2) is 4.94. The van der Waals surface area contributed by atoms with Crippen LogP contribution in [0.4, 0.5) is 0 Å². The van der Waals surface area contributed by atoms with Gasteiger partial charge in [0.15, 0.2) is 0 Å². The Labute approximate surface area is 91.2 Å². The molecule has 0 bridgehead atoms. The van der Waals surface area contributed by atoms with E-state index in [1.165, 1.54) is 0 Å². The fraction of sp³-hybridized carbons (Fsp3) is 0.909. The van der Waals surface area contributed by atoms with Gasteiger partial charge in [-0.05, 0) is 33.6 Å². The summed E-state index contributed by atoms with van der Waals surface area (Å²) in [5.74, 6) is -0.753. The van der Waals surface area contributed by atoms with Crippen molar-refractivity contribution in [2.45, 2.75) is 45.2 Å². The van der Waals surface area contributed by atoms with Gasteiger partial charge in [-0.15, -0.1) is 0 Å². The number of aliphatic carboxylic acids is 1. The van der Waals surface area contributed by atoms with E-state index in [2.05, 4.69) is 25.7 Å². The molecule has 1 heterocycles. The summed E-state index contributed by atoms with van der Waals surface area (Å²) in [6, 6.07) is 0.342. The summed E-state index contributed by atoms with van der Waals surface area (Å²) in [5.41, 5.74) is -0.0968. The molecule has 0 saturated carbocycles. The Hall–Kier alpha value is -0.610. The predicted molar refractivity (Wildman–Crippen MR) is 57.9 cm³/mol. The average Bonchev–Trinajstić information content (AvgIpc) is 2.14. The molecule has 1 rings (SSSR count). The van der Waals surface area contributed by atoms with Gasteiger partial charge in [-0.3, -0.25) is 9.69 Å². The fourth-order valence-corrected chi connectivity index (χ4v) is 2.06. The average molecular weight is 215 g/mol. The van der Waals surface area contributed by atoms with Crippen molar-refractivity contribution in [3.8, 4) is 0 Å². The van der Waals surface area contributed by atoms with Gasteiger partial charge in [0, 0.05) is 24.8 Å². The number of hydrogen-bond acceptors (Lipinski definition) is 3. The SMILES string of the molecule is CC(C)(C)N(CC(=O)O)C1CCOCC1. The predicted octanol–water partition coefficient (Wildman–Crippen LogP) is 1.35. The van der Waals surface area contributed by atoms with Gasteiger partial charge in [-0.1, -0.05) is 0 Å². The maximum absolute atomic E-state index is 10.8. The summed E-state index contributed by atoms with van der Waals surface area (Å²) >= 11 is 0. The molecule has 1 aliphatic rings. The van der Waals surface area contributed by atoms with Crippen LogP contribution in [0.15, 0.2) is 0 Å². The smallest absolute Gasteiger partial charge is 0.317 e. The van der Waals surface area contributed by atoms with Crippen LogP contribution < -0.4 is 0 Å². The van der Waals surface area contributed by atoms with Crippen molar-refractivity contribution < 1.29 is 14.6 Å². The maximum atomic E-state index is 10.8. The highest BCUT2D eigenvalue weighted by atomic mass is 16.5. The highest BCUT2D eigenvalue weighted by Crippen LogP contribution is 2.23. The number of carboxylic acids is 1. The van der Waals surface area contributed by atoms with E-state index in [1.54, 1.807) is 0 Å². The van der Waals surface area contributed by atoms with E-state index in [0.717, 1.165) is 26.1 Å². The zero-order valence-corrected chi connectivity index (χ0v) is 9.82. The van der Waals surface area contributed by atoms with Gasteiger partial charge in [0.2, 0.25) is 0 Å². The van der Waals surface area contributed by atoms with Crippen LogP contribution in [0.5, 0.6) is 0 Å². The standard InChI is InChI=1S/C11H21NO3/c1-11(2,3)12(8-10(13)14)9-4-6-15-7-5-9/h9H,4-8H2,1-3H3,(H,13,14). The quantitative estimate of drug-likeness (QED) is 0.772. The van der Waals surface area contributed by atoms with Crippen molar-refractivity contribution in [3.63, 3.8) is 0 Å². The fourth-order valence-electron chi connectivity index (χ4n) is 2.06. The largest absolute Gasteiger partial charge is 0.480 e. The molecule has 0 radical (unpaired) electrons. The van der Waals surface area contributed by atoms with Gasteiger partial charge >= 0.3 is 5.97 Å². The third-order valence-electron chi connectivity index (χ3n) is 2.80. The highest BCUT2D eigenvalue weighted by molar-refractivity contribution is 5.69. The van der Waals surface area contributed by atoms with Crippen LogP contribution in [0, 0.1) is 0 Å². The minimum absolute atomic E-state index is 0.0968. The second-order valence-electron chi connectivity index (χ2n) is 5.04. The number of ether oxygens (including phenoxy) is 1. The van der Waals surface area contributed by atoms with Gasteiger partial charge < -0.3 is 9.84 Å². The van der Waals surface area contributed by atoms with E-state index in [0.29, 0.717) is 6.04 Å². The van der Waals surface area contributed by atoms with Crippen LogP contribution in [-0.4, -0.2) is 47.3 Å². The molecule has 1 saturated heterocycles. The van der Waals surface area contributed by atoms with E-state index in [4.69, 9.17) is 9.84 Å². The first kappa shape index (κ1) is 12.5. The summed E-state index contributed by atoms with van der Waals surface area (Å²) < 4.78 is 5.29. The first-order valence-corrected chi connectivity index (χ1v) is 5.47. The van der Waals surface area contributed by atoms with Crippen molar-refractivity contribution in [3.05, 3.63) is 0 Å². The van der Waals surface area contributed by atoms with Crippen LogP contribution in [0.3, 0.4) is 0 Å². The lowest BCUT2D eigenvalue weighted by Gasteiger charge is -2.42. The number of carboxylic acid groups (broad SMARTS) is 1. The number of nitrogens with zero attached hydrogens (tertiary/aromatic N) is 1. The maximum Gasteiger partial charge on any atom is 0.317 e. The summed E-state index contributed by atoms with van der Waals surface area (Å²) in [6.07, 6.45) is 1.87. The van der Waals surface area contributed by atoms with Crippen LogP contribution in [0.2, 0.25) is 0 Å². The topological polar surface area (TPSA) is 49.8 Å². The Morgan fingerprint density at radius 1 is 1.40 bits per heavy atom. The third kappa shape index (κ3) is 3.80. The van der Waals surface area contributed by atoms with Crippen molar-refractivity contribution in [2.75, 3.05) is 19.8 Å². The molecule has 0 unspecified atom stereocenters. The molecule has 0 spiro atoms. The molecule has 0 amide bonds.